The maximum Gasteiger partial charge on any atom is 0.372 e. The first kappa shape index (κ1) is 10.1. The molecule has 0 radical (unpaired) electrons. The Morgan fingerprint density at radius 3 is 1.82 bits per heavy atom. The van der Waals surface area contributed by atoms with Gasteiger partial charge in [0.15, 0.2) is 0 Å². The zero-order chi connectivity index (χ0) is 9.23. The lowest BCUT2D eigenvalue weighted by atomic mass is 9.89. The van der Waals surface area contributed by atoms with E-state index >= 15 is 0 Å². The summed E-state index contributed by atoms with van der Waals surface area (Å²) in [5, 5.41) is 17.5. The molecule has 0 aromatic rings. The molecule has 0 heterocycles. The maximum absolute atomic E-state index is 10.7. The third-order valence-corrected chi connectivity index (χ3v) is 1.66. The van der Waals surface area contributed by atoms with Crippen molar-refractivity contribution in [1.29, 1.82) is 0 Å². The number of rotatable bonds is 3. The average molecular weight is 160 g/mol. The van der Waals surface area contributed by atoms with Crippen molar-refractivity contribution in [3.8, 4) is 0 Å². The Kier molecular flexibility index (Phi) is 2.76. The zero-order valence-electron chi connectivity index (χ0n) is 6.79. The van der Waals surface area contributed by atoms with Gasteiger partial charge in [-0.25, -0.2) is 4.79 Å². The zero-order valence-corrected chi connectivity index (χ0v) is 6.79. The van der Waals surface area contributed by atoms with Crippen molar-refractivity contribution in [3.63, 3.8) is 0 Å². The van der Waals surface area contributed by atoms with E-state index in [0.717, 1.165) is 0 Å². The van der Waals surface area contributed by atoms with Gasteiger partial charge in [0.05, 0.1) is 11.5 Å². The topological polar surface area (TPSA) is 74.6 Å². The minimum Gasteiger partial charge on any atom is -0.475 e. The molecule has 1 unspecified atom stereocenters. The summed E-state index contributed by atoms with van der Waals surface area (Å²) in [6, 6.07) is 0. The van der Waals surface area contributed by atoms with Crippen LogP contribution in [-0.2, 0) is 9.59 Å². The van der Waals surface area contributed by atoms with E-state index in [-0.39, 0.29) is 0 Å². The van der Waals surface area contributed by atoms with Gasteiger partial charge in [-0.3, -0.25) is 4.79 Å². The van der Waals surface area contributed by atoms with Gasteiger partial charge in [-0.05, 0) is 13.8 Å². The maximum atomic E-state index is 10.7. The quantitative estimate of drug-likeness (QED) is 0.572. The number of hydrogen-bond donors (Lipinski definition) is 2. The van der Waals surface area contributed by atoms with Gasteiger partial charge in [-0.15, -0.1) is 0 Å². The molecule has 0 amide bonds. The van der Waals surface area contributed by atoms with Crippen LogP contribution in [0.25, 0.3) is 0 Å². The van der Waals surface area contributed by atoms with Crippen LogP contribution in [-0.4, -0.2) is 27.6 Å². The molecule has 0 saturated carbocycles. The molecule has 2 N–H and O–H groups in total. The van der Waals surface area contributed by atoms with Crippen LogP contribution in [0.1, 0.15) is 20.8 Å². The highest BCUT2D eigenvalue weighted by molar-refractivity contribution is 6.33. The predicted octanol–water partition coefficient (Wildman–Crippen LogP) is 0.0471. The second kappa shape index (κ2) is 3.00. The van der Waals surface area contributed by atoms with Gasteiger partial charge in [0.1, 0.15) is 0 Å². The van der Waals surface area contributed by atoms with Crippen molar-refractivity contribution in [2.24, 2.45) is 5.92 Å². The molecule has 0 aliphatic carbocycles. The third-order valence-electron chi connectivity index (χ3n) is 1.66. The second-order valence-electron chi connectivity index (χ2n) is 3.04. The number of Topliss-reactive ketones (excluding diaryl/α,β-unsaturated/α-hetero) is 1. The van der Waals surface area contributed by atoms with Crippen LogP contribution in [0.5, 0.6) is 0 Å². The Bertz CT molecular complexity index is 177. The van der Waals surface area contributed by atoms with Gasteiger partial charge in [0.25, 0.3) is 0 Å². The van der Waals surface area contributed by atoms with Crippen molar-refractivity contribution in [3.05, 3.63) is 0 Å². The Morgan fingerprint density at radius 2 is 1.73 bits per heavy atom. The standard InChI is InChI=1S/C7H12O4/c1-4(7(2,3)11)5(8)6(9)10/h4,11H,1-3H3,(H,9,10). The number of carboxylic acid groups (broad SMARTS) is 1. The summed E-state index contributed by atoms with van der Waals surface area (Å²) in [7, 11) is 0. The molecule has 0 aromatic carbocycles. The number of carbonyl (C=O) groups is 2. The molecule has 0 aromatic heterocycles. The summed E-state index contributed by atoms with van der Waals surface area (Å²) in [5.41, 5.74) is -1.27. The van der Waals surface area contributed by atoms with E-state index < -0.39 is 23.3 Å². The van der Waals surface area contributed by atoms with E-state index in [0.29, 0.717) is 0 Å². The summed E-state index contributed by atoms with van der Waals surface area (Å²) < 4.78 is 0. The van der Waals surface area contributed by atoms with Gasteiger partial charge in [0.2, 0.25) is 5.78 Å². The fourth-order valence-corrected chi connectivity index (χ4v) is 0.506. The number of aliphatic carboxylic acids is 1. The first-order valence-corrected chi connectivity index (χ1v) is 3.26. The van der Waals surface area contributed by atoms with Crippen molar-refractivity contribution in [1.82, 2.24) is 0 Å². The second-order valence-corrected chi connectivity index (χ2v) is 3.04. The summed E-state index contributed by atoms with van der Waals surface area (Å²) in [6.07, 6.45) is 0. The molecule has 4 nitrogen and oxygen atoms in total. The lowest BCUT2D eigenvalue weighted by Gasteiger charge is -2.22. The van der Waals surface area contributed by atoms with Crippen molar-refractivity contribution < 1.29 is 19.8 Å². The molecule has 11 heavy (non-hydrogen) atoms. The van der Waals surface area contributed by atoms with E-state index in [1.807, 2.05) is 0 Å². The van der Waals surface area contributed by atoms with Crippen LogP contribution in [0, 0.1) is 5.92 Å². The van der Waals surface area contributed by atoms with Crippen LogP contribution >= 0.6 is 0 Å². The van der Waals surface area contributed by atoms with Gasteiger partial charge in [0, 0.05) is 0 Å². The van der Waals surface area contributed by atoms with Gasteiger partial charge >= 0.3 is 5.97 Å². The van der Waals surface area contributed by atoms with Crippen molar-refractivity contribution in [2.45, 2.75) is 26.4 Å². The predicted molar refractivity (Wildman–Crippen MR) is 38.1 cm³/mol. The lowest BCUT2D eigenvalue weighted by Crippen LogP contribution is -2.37. The van der Waals surface area contributed by atoms with Gasteiger partial charge in [-0.1, -0.05) is 6.92 Å². The molecule has 0 aliphatic rings. The first-order valence-electron chi connectivity index (χ1n) is 3.26. The van der Waals surface area contributed by atoms with E-state index in [9.17, 15) is 14.7 Å². The summed E-state index contributed by atoms with van der Waals surface area (Å²) in [5.74, 6) is -3.34. The summed E-state index contributed by atoms with van der Waals surface area (Å²) in [6.45, 7) is 4.19. The monoisotopic (exact) mass is 160 g/mol. The van der Waals surface area contributed by atoms with E-state index in [1.165, 1.54) is 20.8 Å². The number of carbonyl (C=O) groups excluding carboxylic acids is 1. The molecule has 0 fully saturated rings. The smallest absolute Gasteiger partial charge is 0.372 e. The molecule has 1 atom stereocenters. The highest BCUT2D eigenvalue weighted by Crippen LogP contribution is 2.16. The Morgan fingerprint density at radius 1 is 1.36 bits per heavy atom. The third kappa shape index (κ3) is 2.67. The Labute approximate surface area is 64.8 Å². The SMILES string of the molecule is CC(C(=O)C(=O)O)C(C)(C)O. The fourth-order valence-electron chi connectivity index (χ4n) is 0.506. The van der Waals surface area contributed by atoms with E-state index in [1.54, 1.807) is 0 Å². The largest absolute Gasteiger partial charge is 0.475 e. The van der Waals surface area contributed by atoms with Crippen LogP contribution < -0.4 is 0 Å². The van der Waals surface area contributed by atoms with Crippen molar-refractivity contribution >= 4 is 11.8 Å². The molecular formula is C7H12O4. The first-order chi connectivity index (χ1) is 4.76. The highest BCUT2D eigenvalue weighted by Gasteiger charge is 2.32. The Hall–Kier alpha value is -0.900. The average Bonchev–Trinajstić information content (AvgIpc) is 1.82. The molecule has 0 rings (SSSR count). The van der Waals surface area contributed by atoms with E-state index in [2.05, 4.69) is 0 Å². The van der Waals surface area contributed by atoms with Crippen LogP contribution in [0.2, 0.25) is 0 Å². The minimum absolute atomic E-state index is 0.875. The normalized spacial score (nSPS) is 14.2. The van der Waals surface area contributed by atoms with Crippen molar-refractivity contribution in [2.75, 3.05) is 0 Å². The number of hydrogen-bond acceptors (Lipinski definition) is 3. The fraction of sp³-hybridized carbons (Fsp3) is 0.714. The molecule has 0 spiro atoms. The summed E-state index contributed by atoms with van der Waals surface area (Å²) >= 11 is 0. The molecular weight excluding hydrogens is 148 g/mol. The Balaban J connectivity index is 4.38. The van der Waals surface area contributed by atoms with E-state index in [4.69, 9.17) is 5.11 Å². The molecule has 64 valence electrons. The number of carboxylic acids is 1. The highest BCUT2D eigenvalue weighted by atomic mass is 16.4. The molecule has 0 aliphatic heterocycles. The molecule has 4 heteroatoms. The number of aliphatic hydroxyl groups is 1. The van der Waals surface area contributed by atoms with Gasteiger partial charge < -0.3 is 10.2 Å². The van der Waals surface area contributed by atoms with Crippen LogP contribution in [0.15, 0.2) is 0 Å². The van der Waals surface area contributed by atoms with Crippen LogP contribution in [0.3, 0.4) is 0 Å². The van der Waals surface area contributed by atoms with Crippen LogP contribution in [0.4, 0.5) is 0 Å². The summed E-state index contributed by atoms with van der Waals surface area (Å²) in [4.78, 5) is 20.9. The lowest BCUT2D eigenvalue weighted by molar-refractivity contribution is -0.154. The van der Waals surface area contributed by atoms with Gasteiger partial charge in [-0.2, -0.15) is 0 Å². The molecule has 0 bridgehead atoms. The number of ketones is 1. The minimum atomic E-state index is -1.50. The molecule has 0 saturated heterocycles.